The van der Waals surface area contributed by atoms with Gasteiger partial charge in [0.1, 0.15) is 0 Å². The zero-order chi connectivity index (χ0) is 22.7. The van der Waals surface area contributed by atoms with Crippen LogP contribution < -0.4 is 9.80 Å². The number of anilines is 2. The van der Waals surface area contributed by atoms with Crippen LogP contribution in [-0.4, -0.2) is 62.2 Å². The molecule has 2 saturated heterocycles. The summed E-state index contributed by atoms with van der Waals surface area (Å²) < 4.78 is 27.9. The van der Waals surface area contributed by atoms with Gasteiger partial charge in [-0.15, -0.1) is 10.2 Å². The Bertz CT molecular complexity index is 1150. The lowest BCUT2D eigenvalue weighted by Crippen LogP contribution is -2.49. The van der Waals surface area contributed by atoms with E-state index < -0.39 is 10.0 Å². The van der Waals surface area contributed by atoms with Crippen LogP contribution in [0.5, 0.6) is 0 Å². The van der Waals surface area contributed by atoms with Gasteiger partial charge in [0.05, 0.1) is 4.90 Å². The van der Waals surface area contributed by atoms with Crippen molar-refractivity contribution < 1.29 is 8.42 Å². The van der Waals surface area contributed by atoms with E-state index in [9.17, 15) is 8.42 Å². The van der Waals surface area contributed by atoms with Crippen LogP contribution in [0.25, 0.3) is 11.1 Å². The van der Waals surface area contributed by atoms with Crippen molar-refractivity contribution in [2.75, 3.05) is 49.1 Å². The van der Waals surface area contributed by atoms with Crippen LogP contribution in [0.1, 0.15) is 19.3 Å². The molecule has 172 valence electrons. The Morgan fingerprint density at radius 1 is 0.576 bits per heavy atom. The average molecular weight is 464 g/mol. The highest BCUT2D eigenvalue weighted by Gasteiger charge is 2.29. The van der Waals surface area contributed by atoms with Crippen LogP contribution >= 0.6 is 0 Å². The van der Waals surface area contributed by atoms with E-state index >= 15 is 0 Å². The monoisotopic (exact) mass is 463 g/mol. The van der Waals surface area contributed by atoms with Crippen LogP contribution in [0.2, 0.25) is 0 Å². The van der Waals surface area contributed by atoms with Gasteiger partial charge in [-0.3, -0.25) is 0 Å². The molecule has 0 unspecified atom stereocenters. The zero-order valence-corrected chi connectivity index (χ0v) is 19.5. The third-order valence-electron chi connectivity index (χ3n) is 6.48. The van der Waals surface area contributed by atoms with Gasteiger partial charge in [0.15, 0.2) is 11.6 Å². The first kappa shape index (κ1) is 21.9. The van der Waals surface area contributed by atoms with Crippen LogP contribution in [0, 0.1) is 0 Å². The molecule has 3 aromatic rings. The summed E-state index contributed by atoms with van der Waals surface area (Å²) >= 11 is 0. The lowest BCUT2D eigenvalue weighted by molar-refractivity contribution is 0.383. The van der Waals surface area contributed by atoms with Gasteiger partial charge in [-0.1, -0.05) is 42.5 Å². The van der Waals surface area contributed by atoms with E-state index in [1.54, 1.807) is 16.4 Å². The maximum atomic E-state index is 13.2. The van der Waals surface area contributed by atoms with Crippen molar-refractivity contribution in [2.45, 2.75) is 24.2 Å². The number of piperidine rings is 1. The number of hydrogen-bond acceptors (Lipinski definition) is 6. The smallest absolute Gasteiger partial charge is 0.243 e. The highest BCUT2D eigenvalue weighted by Crippen LogP contribution is 2.25. The molecular formula is C25H29N5O2S. The van der Waals surface area contributed by atoms with E-state index in [1.165, 1.54) is 19.3 Å². The number of rotatable bonds is 5. The second-order valence-corrected chi connectivity index (χ2v) is 10.5. The molecule has 0 bridgehead atoms. The first-order valence-electron chi connectivity index (χ1n) is 11.6. The fraction of sp³-hybridized carbons (Fsp3) is 0.360. The summed E-state index contributed by atoms with van der Waals surface area (Å²) in [7, 11) is -3.52. The Kier molecular flexibility index (Phi) is 6.28. The highest BCUT2D eigenvalue weighted by molar-refractivity contribution is 7.89. The molecule has 7 nitrogen and oxygen atoms in total. The fourth-order valence-corrected chi connectivity index (χ4v) is 5.96. The minimum Gasteiger partial charge on any atom is -0.355 e. The summed E-state index contributed by atoms with van der Waals surface area (Å²) in [5, 5.41) is 8.86. The maximum Gasteiger partial charge on any atom is 0.243 e. The average Bonchev–Trinajstić information content (AvgIpc) is 2.90. The van der Waals surface area contributed by atoms with Crippen molar-refractivity contribution in [3.05, 3.63) is 66.7 Å². The van der Waals surface area contributed by atoms with Crippen LogP contribution in [0.4, 0.5) is 11.6 Å². The molecule has 0 atom stereocenters. The first-order chi connectivity index (χ1) is 16.1. The molecule has 1 aromatic heterocycles. The molecule has 3 heterocycles. The molecule has 2 fully saturated rings. The maximum absolute atomic E-state index is 13.2. The van der Waals surface area contributed by atoms with Gasteiger partial charge >= 0.3 is 0 Å². The molecular weight excluding hydrogens is 434 g/mol. The third kappa shape index (κ3) is 4.72. The predicted octanol–water partition coefficient (Wildman–Crippen LogP) is 3.64. The predicted molar refractivity (Wildman–Crippen MR) is 131 cm³/mol. The summed E-state index contributed by atoms with van der Waals surface area (Å²) in [5.41, 5.74) is 2.08. The Hall–Kier alpha value is -2.97. The lowest BCUT2D eigenvalue weighted by Gasteiger charge is -2.34. The Morgan fingerprint density at radius 2 is 1.12 bits per heavy atom. The minimum atomic E-state index is -3.52. The molecule has 5 rings (SSSR count). The summed E-state index contributed by atoms with van der Waals surface area (Å²) in [4.78, 5) is 4.73. The van der Waals surface area contributed by atoms with Gasteiger partial charge in [0, 0.05) is 39.3 Å². The molecule has 0 spiro atoms. The van der Waals surface area contributed by atoms with Crippen molar-refractivity contribution >= 4 is 21.7 Å². The zero-order valence-electron chi connectivity index (χ0n) is 18.7. The quantitative estimate of drug-likeness (QED) is 0.575. The SMILES string of the molecule is O=S(=O)(c1ccc(-c2ccccc2)cc1)N1CCN(c2ccc(N3CCCCC3)nn2)CC1. The van der Waals surface area contributed by atoms with Crippen molar-refractivity contribution in [3.63, 3.8) is 0 Å². The van der Waals surface area contributed by atoms with Crippen LogP contribution in [-0.2, 0) is 10.0 Å². The molecule has 2 aliphatic heterocycles. The van der Waals surface area contributed by atoms with Crippen molar-refractivity contribution in [3.8, 4) is 11.1 Å². The third-order valence-corrected chi connectivity index (χ3v) is 8.39. The van der Waals surface area contributed by atoms with Crippen LogP contribution in [0.3, 0.4) is 0 Å². The second-order valence-electron chi connectivity index (χ2n) is 8.58. The van der Waals surface area contributed by atoms with Gasteiger partial charge in [-0.05, 0) is 54.7 Å². The Labute approximate surface area is 195 Å². The number of piperazine rings is 1. The molecule has 2 aliphatic rings. The molecule has 0 radical (unpaired) electrons. The summed E-state index contributed by atoms with van der Waals surface area (Å²) in [6, 6.07) is 21.1. The standard InChI is InChI=1S/C25H29N5O2S/c31-33(32,23-11-9-22(10-12-23)21-7-3-1-4-8-21)30-19-17-29(18-20-30)25-14-13-24(26-27-25)28-15-5-2-6-16-28/h1,3-4,7-14H,2,5-6,15-20H2. The fourth-order valence-electron chi connectivity index (χ4n) is 4.54. The number of nitrogens with zero attached hydrogens (tertiary/aromatic N) is 5. The van der Waals surface area contributed by atoms with Gasteiger partial charge in [-0.2, -0.15) is 4.31 Å². The van der Waals surface area contributed by atoms with E-state index in [4.69, 9.17) is 0 Å². The van der Waals surface area contributed by atoms with Gasteiger partial charge < -0.3 is 9.80 Å². The van der Waals surface area contributed by atoms with Crippen molar-refractivity contribution in [2.24, 2.45) is 0 Å². The normalized spacial score (nSPS) is 17.8. The second kappa shape index (κ2) is 9.49. The number of benzene rings is 2. The van der Waals surface area contributed by atoms with E-state index in [2.05, 4.69) is 20.0 Å². The molecule has 0 N–H and O–H groups in total. The Morgan fingerprint density at radius 3 is 1.70 bits per heavy atom. The number of hydrogen-bond donors (Lipinski definition) is 0. The van der Waals surface area contributed by atoms with E-state index in [0.717, 1.165) is 35.9 Å². The largest absolute Gasteiger partial charge is 0.355 e. The van der Waals surface area contributed by atoms with E-state index in [0.29, 0.717) is 31.1 Å². The highest BCUT2D eigenvalue weighted by atomic mass is 32.2. The molecule has 2 aromatic carbocycles. The van der Waals surface area contributed by atoms with E-state index in [-0.39, 0.29) is 0 Å². The van der Waals surface area contributed by atoms with Crippen molar-refractivity contribution in [1.82, 2.24) is 14.5 Å². The molecule has 0 aliphatic carbocycles. The molecule has 8 heteroatoms. The van der Waals surface area contributed by atoms with E-state index in [1.807, 2.05) is 54.6 Å². The summed E-state index contributed by atoms with van der Waals surface area (Å²) in [6.07, 6.45) is 3.69. The Balaban J connectivity index is 1.22. The topological polar surface area (TPSA) is 69.6 Å². The van der Waals surface area contributed by atoms with Crippen molar-refractivity contribution in [1.29, 1.82) is 0 Å². The first-order valence-corrected chi connectivity index (χ1v) is 13.0. The lowest BCUT2D eigenvalue weighted by atomic mass is 10.1. The number of sulfonamides is 1. The summed E-state index contributed by atoms with van der Waals surface area (Å²) in [5.74, 6) is 1.73. The van der Waals surface area contributed by atoms with Gasteiger partial charge in [-0.25, -0.2) is 8.42 Å². The van der Waals surface area contributed by atoms with Crippen LogP contribution in [0.15, 0.2) is 71.6 Å². The molecule has 0 saturated carbocycles. The van der Waals surface area contributed by atoms with Gasteiger partial charge in [0.25, 0.3) is 0 Å². The molecule has 0 amide bonds. The summed E-state index contributed by atoms with van der Waals surface area (Å²) in [6.45, 7) is 4.13. The number of aromatic nitrogens is 2. The molecule has 33 heavy (non-hydrogen) atoms. The minimum absolute atomic E-state index is 0.335. The van der Waals surface area contributed by atoms with Gasteiger partial charge in [0.2, 0.25) is 10.0 Å².